The summed E-state index contributed by atoms with van der Waals surface area (Å²) in [6.45, 7) is 6.65. The van der Waals surface area contributed by atoms with Crippen molar-refractivity contribution in [2.45, 2.75) is 44.7 Å². The van der Waals surface area contributed by atoms with E-state index in [1.54, 1.807) is 13.1 Å². The molecule has 3 aromatic rings. The molecule has 0 radical (unpaired) electrons. The zero-order valence-electron chi connectivity index (χ0n) is 20.3. The molecule has 186 valence electrons. The van der Waals surface area contributed by atoms with Crippen molar-refractivity contribution in [3.05, 3.63) is 65.5 Å². The predicted molar refractivity (Wildman–Crippen MR) is 131 cm³/mol. The van der Waals surface area contributed by atoms with Crippen molar-refractivity contribution in [3.8, 4) is 17.2 Å². The summed E-state index contributed by atoms with van der Waals surface area (Å²) in [6.07, 6.45) is 0.718. The largest absolute Gasteiger partial charge is 0.490 e. The van der Waals surface area contributed by atoms with E-state index in [1.165, 1.54) is 24.0 Å². The number of aryl methyl sites for hydroxylation is 1. The Morgan fingerprint density at radius 3 is 2.51 bits per heavy atom. The first kappa shape index (κ1) is 24.7. The molecule has 1 atom stereocenters. The number of amides is 1. The Morgan fingerprint density at radius 1 is 1.11 bits per heavy atom. The lowest BCUT2D eigenvalue weighted by Crippen LogP contribution is -2.45. The van der Waals surface area contributed by atoms with Crippen LogP contribution in [0.3, 0.4) is 0 Å². The molecule has 0 saturated carbocycles. The Morgan fingerprint density at radius 2 is 1.80 bits per heavy atom. The maximum Gasteiger partial charge on any atom is 0.241 e. The fourth-order valence-electron chi connectivity index (χ4n) is 4.03. The van der Waals surface area contributed by atoms with Crippen molar-refractivity contribution in [1.82, 2.24) is 19.4 Å². The van der Waals surface area contributed by atoms with E-state index in [1.807, 2.05) is 48.9 Å². The summed E-state index contributed by atoms with van der Waals surface area (Å²) < 4.78 is 41.4. The number of sulfonamides is 1. The highest BCUT2D eigenvalue weighted by Crippen LogP contribution is 2.32. The SMILES string of the molecule is Cc1nn(-c2ccccc2)c(C)c1CN(C)C(=O)C(C)NS(=O)(=O)c1ccc2c(c1)OCCCO2. The molecule has 4 rings (SSSR count). The van der Waals surface area contributed by atoms with Gasteiger partial charge in [0.2, 0.25) is 15.9 Å². The van der Waals surface area contributed by atoms with Crippen LogP contribution in [0.5, 0.6) is 11.5 Å². The van der Waals surface area contributed by atoms with Crippen molar-refractivity contribution >= 4 is 15.9 Å². The Balaban J connectivity index is 1.46. The zero-order chi connectivity index (χ0) is 25.2. The molecular weight excluding hydrogens is 468 g/mol. The van der Waals surface area contributed by atoms with Crippen molar-refractivity contribution in [2.24, 2.45) is 0 Å². The van der Waals surface area contributed by atoms with Gasteiger partial charge in [-0.2, -0.15) is 9.82 Å². The number of hydrogen-bond donors (Lipinski definition) is 1. The first-order valence-electron chi connectivity index (χ1n) is 11.4. The van der Waals surface area contributed by atoms with Gasteiger partial charge < -0.3 is 14.4 Å². The molecular formula is C25H30N4O5S. The van der Waals surface area contributed by atoms with Gasteiger partial charge in [0, 0.05) is 37.3 Å². The van der Waals surface area contributed by atoms with Gasteiger partial charge >= 0.3 is 0 Å². The van der Waals surface area contributed by atoms with Crippen LogP contribution < -0.4 is 14.2 Å². The van der Waals surface area contributed by atoms with Crippen molar-refractivity contribution in [2.75, 3.05) is 20.3 Å². The van der Waals surface area contributed by atoms with E-state index in [0.717, 1.165) is 29.1 Å². The number of benzene rings is 2. The molecule has 1 aromatic heterocycles. The van der Waals surface area contributed by atoms with Crippen LogP contribution in [0.4, 0.5) is 0 Å². The summed E-state index contributed by atoms with van der Waals surface area (Å²) in [7, 11) is -2.30. The summed E-state index contributed by atoms with van der Waals surface area (Å²) in [4.78, 5) is 14.6. The highest BCUT2D eigenvalue weighted by molar-refractivity contribution is 7.89. The van der Waals surface area contributed by atoms with Gasteiger partial charge in [-0.25, -0.2) is 13.1 Å². The fraction of sp³-hybridized carbons (Fsp3) is 0.360. The van der Waals surface area contributed by atoms with Crippen LogP contribution >= 0.6 is 0 Å². The van der Waals surface area contributed by atoms with Crippen LogP contribution in [0.15, 0.2) is 53.4 Å². The second-order valence-electron chi connectivity index (χ2n) is 8.59. The van der Waals surface area contributed by atoms with Crippen LogP contribution in [0.1, 0.15) is 30.3 Å². The van der Waals surface area contributed by atoms with E-state index in [2.05, 4.69) is 9.82 Å². The Labute approximate surface area is 205 Å². The maximum absolute atomic E-state index is 13.1. The first-order valence-corrected chi connectivity index (χ1v) is 12.9. The van der Waals surface area contributed by atoms with Crippen LogP contribution in [0.2, 0.25) is 0 Å². The van der Waals surface area contributed by atoms with Gasteiger partial charge in [-0.15, -0.1) is 0 Å². The molecule has 35 heavy (non-hydrogen) atoms. The molecule has 0 fully saturated rings. The van der Waals surface area contributed by atoms with E-state index in [-0.39, 0.29) is 10.8 Å². The minimum Gasteiger partial charge on any atom is -0.490 e. The molecule has 2 heterocycles. The number of hydrogen-bond acceptors (Lipinski definition) is 6. The van der Waals surface area contributed by atoms with Crippen molar-refractivity contribution in [3.63, 3.8) is 0 Å². The maximum atomic E-state index is 13.1. The second-order valence-corrected chi connectivity index (χ2v) is 10.3. The molecule has 1 amide bonds. The van der Waals surface area contributed by atoms with Gasteiger partial charge in [-0.1, -0.05) is 18.2 Å². The summed E-state index contributed by atoms with van der Waals surface area (Å²) in [6, 6.07) is 13.2. The normalized spacial score (nSPS) is 14.3. The quantitative estimate of drug-likeness (QED) is 0.537. The molecule has 2 aromatic carbocycles. The Kier molecular flexibility index (Phi) is 7.13. The lowest BCUT2D eigenvalue weighted by molar-refractivity contribution is -0.131. The molecule has 0 bridgehead atoms. The topological polar surface area (TPSA) is 103 Å². The number of likely N-dealkylation sites (N-methyl/N-ethyl adjacent to an activating group) is 1. The lowest BCUT2D eigenvalue weighted by Gasteiger charge is -2.22. The zero-order valence-corrected chi connectivity index (χ0v) is 21.1. The number of nitrogens with one attached hydrogen (secondary N) is 1. The number of carbonyl (C=O) groups is 1. The van der Waals surface area contributed by atoms with Gasteiger partial charge in [0.25, 0.3) is 0 Å². The number of ether oxygens (including phenoxy) is 2. The number of carbonyl (C=O) groups excluding carboxylic acids is 1. The van der Waals surface area contributed by atoms with E-state index in [9.17, 15) is 13.2 Å². The predicted octanol–water partition coefficient (Wildman–Crippen LogP) is 2.98. The molecule has 9 nitrogen and oxygen atoms in total. The van der Waals surface area contributed by atoms with Gasteiger partial charge in [0.15, 0.2) is 11.5 Å². The third-order valence-corrected chi connectivity index (χ3v) is 7.48. The van der Waals surface area contributed by atoms with E-state index in [4.69, 9.17) is 9.47 Å². The molecule has 1 aliphatic heterocycles. The number of para-hydroxylation sites is 1. The number of nitrogens with zero attached hydrogens (tertiary/aromatic N) is 3. The van der Waals surface area contributed by atoms with Gasteiger partial charge in [-0.05, 0) is 45.0 Å². The van der Waals surface area contributed by atoms with Gasteiger partial charge in [0.1, 0.15) is 0 Å². The summed E-state index contributed by atoms with van der Waals surface area (Å²) in [5.74, 6) is 0.532. The average Bonchev–Trinajstić information content (AvgIpc) is 3.00. The van der Waals surface area contributed by atoms with Gasteiger partial charge in [-0.3, -0.25) is 4.79 Å². The highest BCUT2D eigenvalue weighted by Gasteiger charge is 2.27. The van der Waals surface area contributed by atoms with Crippen molar-refractivity contribution < 1.29 is 22.7 Å². The highest BCUT2D eigenvalue weighted by atomic mass is 32.2. The molecule has 10 heteroatoms. The number of aromatic nitrogens is 2. The molecule has 1 unspecified atom stereocenters. The molecule has 0 saturated heterocycles. The van der Waals surface area contributed by atoms with Crippen LogP contribution in [0.25, 0.3) is 5.69 Å². The van der Waals surface area contributed by atoms with E-state index < -0.39 is 16.1 Å². The lowest BCUT2D eigenvalue weighted by atomic mass is 10.1. The monoisotopic (exact) mass is 498 g/mol. The first-order chi connectivity index (χ1) is 16.7. The summed E-state index contributed by atoms with van der Waals surface area (Å²) in [5.41, 5.74) is 3.59. The standard InChI is InChI=1S/C25H30N4O5S/c1-17-22(19(3)29(26-17)20-9-6-5-7-10-20)16-28(4)25(30)18(2)27-35(31,32)21-11-12-23-24(15-21)34-14-8-13-33-23/h5-7,9-12,15,18,27H,8,13-14,16H2,1-4H3. The smallest absolute Gasteiger partial charge is 0.241 e. The summed E-state index contributed by atoms with van der Waals surface area (Å²) >= 11 is 0. The number of rotatable bonds is 7. The average molecular weight is 499 g/mol. The van der Waals surface area contributed by atoms with Crippen molar-refractivity contribution in [1.29, 1.82) is 0 Å². The third-order valence-electron chi connectivity index (χ3n) is 5.95. The van der Waals surface area contributed by atoms with E-state index in [0.29, 0.717) is 31.3 Å². The van der Waals surface area contributed by atoms with Crippen LogP contribution in [0, 0.1) is 13.8 Å². The summed E-state index contributed by atoms with van der Waals surface area (Å²) in [5, 5.41) is 4.62. The van der Waals surface area contributed by atoms with Crippen LogP contribution in [-0.4, -0.2) is 55.3 Å². The molecule has 0 spiro atoms. The molecule has 1 aliphatic rings. The third kappa shape index (κ3) is 5.33. The fourth-order valence-corrected chi connectivity index (χ4v) is 5.24. The van der Waals surface area contributed by atoms with E-state index >= 15 is 0 Å². The minimum absolute atomic E-state index is 0.0138. The number of fused-ring (bicyclic) bond motifs is 1. The minimum atomic E-state index is -3.95. The van der Waals surface area contributed by atoms with Gasteiger partial charge in [0.05, 0.1) is 35.5 Å². The molecule has 1 N–H and O–H groups in total. The Hall–Kier alpha value is -3.37. The van der Waals surface area contributed by atoms with Crippen LogP contribution in [-0.2, 0) is 21.4 Å². The second kappa shape index (κ2) is 10.1. The molecule has 0 aliphatic carbocycles. The Bertz CT molecular complexity index is 1320.